The van der Waals surface area contributed by atoms with E-state index in [9.17, 15) is 13.2 Å². The van der Waals surface area contributed by atoms with Crippen LogP contribution in [-0.2, 0) is 0 Å². The highest BCUT2D eigenvalue weighted by Gasteiger charge is 2.30. The van der Waals surface area contributed by atoms with E-state index in [2.05, 4.69) is 15.3 Å². The zero-order valence-corrected chi connectivity index (χ0v) is 10.3. The first-order valence-corrected chi connectivity index (χ1v) is 6.07. The van der Waals surface area contributed by atoms with Crippen molar-refractivity contribution >= 4 is 33.3 Å². The van der Waals surface area contributed by atoms with E-state index in [0.717, 1.165) is 0 Å². The predicted octanol–water partition coefficient (Wildman–Crippen LogP) is 3.03. The molecule has 98 valence electrons. The number of fused-ring (bicyclic) bond motifs is 1. The molecular weight excluding hydrogens is 265 g/mol. The first-order valence-electron chi connectivity index (χ1n) is 5.19. The highest BCUT2D eigenvalue weighted by atomic mass is 32.1. The zero-order chi connectivity index (χ0) is 13.3. The number of alkyl halides is 3. The largest absolute Gasteiger partial charge is 0.391 e. The Morgan fingerprint density at radius 3 is 2.83 bits per heavy atom. The molecule has 2 rings (SSSR count). The number of rotatable bonds is 3. The maximum atomic E-state index is 12.2. The van der Waals surface area contributed by atoms with Gasteiger partial charge in [-0.05, 0) is 18.4 Å². The van der Waals surface area contributed by atoms with Crippen molar-refractivity contribution in [1.29, 1.82) is 0 Å². The fourth-order valence-corrected chi connectivity index (χ4v) is 2.38. The van der Waals surface area contributed by atoms with Gasteiger partial charge in [-0.1, -0.05) is 0 Å². The Bertz CT molecular complexity index is 552. The fraction of sp³-hybridized carbons (Fsp3) is 0.400. The lowest BCUT2D eigenvalue weighted by molar-refractivity contribution is -0.136. The van der Waals surface area contributed by atoms with Gasteiger partial charge in [0.25, 0.3) is 0 Å². The highest BCUT2D eigenvalue weighted by Crippen LogP contribution is 2.28. The Hall–Kier alpha value is -1.57. The van der Waals surface area contributed by atoms with Gasteiger partial charge in [-0.3, -0.25) is 0 Å². The molecule has 8 heteroatoms. The molecule has 2 heterocycles. The van der Waals surface area contributed by atoms with E-state index in [4.69, 9.17) is 5.73 Å². The van der Waals surface area contributed by atoms with Gasteiger partial charge in [0, 0.05) is 6.04 Å². The van der Waals surface area contributed by atoms with Crippen LogP contribution in [0.5, 0.6) is 0 Å². The highest BCUT2D eigenvalue weighted by molar-refractivity contribution is 7.16. The summed E-state index contributed by atoms with van der Waals surface area (Å²) in [4.78, 5) is 8.60. The number of nitrogens with one attached hydrogen (secondary N) is 1. The molecule has 2 aromatic heterocycles. The van der Waals surface area contributed by atoms with Gasteiger partial charge >= 0.3 is 6.18 Å². The van der Waals surface area contributed by atoms with Crippen LogP contribution in [0.1, 0.15) is 13.3 Å². The Kier molecular flexibility index (Phi) is 3.29. The number of nitrogen functional groups attached to an aromatic ring is 1. The van der Waals surface area contributed by atoms with Crippen LogP contribution in [0, 0.1) is 0 Å². The molecular formula is C10H11F3N4S. The molecule has 0 radical (unpaired) electrons. The van der Waals surface area contributed by atoms with Crippen LogP contribution >= 0.6 is 11.3 Å². The molecule has 0 spiro atoms. The van der Waals surface area contributed by atoms with Crippen LogP contribution in [0.15, 0.2) is 11.4 Å². The van der Waals surface area contributed by atoms with Crippen molar-refractivity contribution in [3.63, 3.8) is 0 Å². The molecule has 0 saturated heterocycles. The van der Waals surface area contributed by atoms with Gasteiger partial charge in [0.05, 0.1) is 11.8 Å². The maximum Gasteiger partial charge on any atom is 0.391 e. The van der Waals surface area contributed by atoms with Gasteiger partial charge in [0.15, 0.2) is 0 Å². The van der Waals surface area contributed by atoms with E-state index in [-0.39, 0.29) is 5.95 Å². The molecule has 18 heavy (non-hydrogen) atoms. The Balaban J connectivity index is 2.23. The lowest BCUT2D eigenvalue weighted by Gasteiger charge is -2.16. The van der Waals surface area contributed by atoms with Crippen LogP contribution in [0.4, 0.5) is 24.9 Å². The number of hydrogen-bond acceptors (Lipinski definition) is 5. The summed E-state index contributed by atoms with van der Waals surface area (Å²) in [5.74, 6) is 0.391. The standard InChI is InChI=1S/C10H11F3N4S/c1-5(4-10(11,12)13)15-7-6-2-3-18-8(6)17-9(14)16-7/h2-3,5H,4H2,1H3,(H3,14,15,16,17). The first kappa shape index (κ1) is 12.9. The number of halogens is 3. The minimum atomic E-state index is -4.21. The normalized spacial score (nSPS) is 13.8. The van der Waals surface area contributed by atoms with Crippen LogP contribution in [0.2, 0.25) is 0 Å². The van der Waals surface area contributed by atoms with Crippen LogP contribution < -0.4 is 11.1 Å². The van der Waals surface area contributed by atoms with Crippen molar-refractivity contribution in [2.75, 3.05) is 11.1 Å². The van der Waals surface area contributed by atoms with E-state index >= 15 is 0 Å². The van der Waals surface area contributed by atoms with Crippen molar-refractivity contribution in [3.8, 4) is 0 Å². The third kappa shape index (κ3) is 3.00. The number of thiophene rings is 1. The lowest BCUT2D eigenvalue weighted by atomic mass is 10.2. The van der Waals surface area contributed by atoms with Crippen molar-refractivity contribution < 1.29 is 13.2 Å². The molecule has 0 aromatic carbocycles. The number of nitrogens with zero attached hydrogens (tertiary/aromatic N) is 2. The van der Waals surface area contributed by atoms with E-state index in [0.29, 0.717) is 16.0 Å². The molecule has 0 aliphatic heterocycles. The Morgan fingerprint density at radius 1 is 1.44 bits per heavy atom. The fourth-order valence-electron chi connectivity index (χ4n) is 1.61. The van der Waals surface area contributed by atoms with Crippen LogP contribution in [0.3, 0.4) is 0 Å². The zero-order valence-electron chi connectivity index (χ0n) is 9.45. The third-order valence-corrected chi connectivity index (χ3v) is 3.07. The number of anilines is 2. The second kappa shape index (κ2) is 4.60. The Morgan fingerprint density at radius 2 is 2.17 bits per heavy atom. The lowest BCUT2D eigenvalue weighted by Crippen LogP contribution is -2.24. The Labute approximate surface area is 105 Å². The van der Waals surface area contributed by atoms with E-state index in [1.54, 1.807) is 11.4 Å². The second-order valence-electron chi connectivity index (χ2n) is 3.93. The molecule has 0 saturated carbocycles. The summed E-state index contributed by atoms with van der Waals surface area (Å²) in [5, 5.41) is 5.20. The van der Waals surface area contributed by atoms with Crippen molar-refractivity contribution in [1.82, 2.24) is 9.97 Å². The van der Waals surface area contributed by atoms with E-state index in [1.165, 1.54) is 18.3 Å². The summed E-state index contributed by atoms with van der Waals surface area (Å²) in [7, 11) is 0. The second-order valence-corrected chi connectivity index (χ2v) is 4.83. The van der Waals surface area contributed by atoms with Gasteiger partial charge < -0.3 is 11.1 Å². The molecule has 4 nitrogen and oxygen atoms in total. The first-order chi connectivity index (χ1) is 8.35. The van der Waals surface area contributed by atoms with Gasteiger partial charge in [0.1, 0.15) is 10.6 Å². The summed E-state index contributed by atoms with van der Waals surface area (Å²) >= 11 is 1.36. The van der Waals surface area contributed by atoms with Gasteiger partial charge in [-0.25, -0.2) is 4.98 Å². The SMILES string of the molecule is CC(CC(F)(F)F)Nc1nc(N)nc2sccc12. The summed E-state index contributed by atoms with van der Waals surface area (Å²) in [6.07, 6.45) is -5.14. The quantitative estimate of drug-likeness (QED) is 0.904. The summed E-state index contributed by atoms with van der Waals surface area (Å²) in [6, 6.07) is 0.977. The van der Waals surface area contributed by atoms with E-state index in [1.807, 2.05) is 0 Å². The predicted molar refractivity (Wildman–Crippen MR) is 65.6 cm³/mol. The third-order valence-electron chi connectivity index (χ3n) is 2.26. The van der Waals surface area contributed by atoms with E-state index < -0.39 is 18.6 Å². The molecule has 0 bridgehead atoms. The number of hydrogen-bond donors (Lipinski definition) is 2. The smallest absolute Gasteiger partial charge is 0.368 e. The van der Waals surface area contributed by atoms with Crippen molar-refractivity contribution in [3.05, 3.63) is 11.4 Å². The summed E-state index contributed by atoms with van der Waals surface area (Å²) in [5.41, 5.74) is 5.51. The molecule has 1 atom stereocenters. The van der Waals surface area contributed by atoms with Gasteiger partial charge in [-0.15, -0.1) is 11.3 Å². The molecule has 3 N–H and O–H groups in total. The molecule has 0 amide bonds. The summed E-state index contributed by atoms with van der Waals surface area (Å²) in [6.45, 7) is 1.45. The van der Waals surface area contributed by atoms with Crippen LogP contribution in [-0.4, -0.2) is 22.2 Å². The molecule has 2 aromatic rings. The molecule has 0 aliphatic carbocycles. The summed E-state index contributed by atoms with van der Waals surface area (Å²) < 4.78 is 36.7. The van der Waals surface area contributed by atoms with Crippen molar-refractivity contribution in [2.45, 2.75) is 25.6 Å². The minimum absolute atomic E-state index is 0.0478. The van der Waals surface area contributed by atoms with Gasteiger partial charge in [0.2, 0.25) is 5.95 Å². The molecule has 0 aliphatic rings. The average molecular weight is 276 g/mol. The minimum Gasteiger partial charge on any atom is -0.368 e. The van der Waals surface area contributed by atoms with Crippen molar-refractivity contribution in [2.24, 2.45) is 0 Å². The average Bonchev–Trinajstić information content (AvgIpc) is 2.61. The van der Waals surface area contributed by atoms with Gasteiger partial charge in [-0.2, -0.15) is 18.2 Å². The molecule has 0 fully saturated rings. The maximum absolute atomic E-state index is 12.2. The molecule has 1 unspecified atom stereocenters. The number of aromatic nitrogens is 2. The monoisotopic (exact) mass is 276 g/mol. The number of nitrogens with two attached hydrogens (primary N) is 1. The topological polar surface area (TPSA) is 63.8 Å². The van der Waals surface area contributed by atoms with Crippen LogP contribution in [0.25, 0.3) is 10.2 Å².